The topological polar surface area (TPSA) is 87.6 Å². The molecule has 1 rings (SSSR count). The minimum absolute atomic E-state index is 0.00359. The molecule has 7 heteroatoms. The molecule has 0 aromatic carbocycles. The van der Waals surface area contributed by atoms with E-state index in [9.17, 15) is 13.2 Å². The molecule has 1 aromatic rings. The molecule has 0 amide bonds. The van der Waals surface area contributed by atoms with Crippen molar-refractivity contribution in [1.82, 2.24) is 9.29 Å². The van der Waals surface area contributed by atoms with Gasteiger partial charge in [0, 0.05) is 31.4 Å². The van der Waals surface area contributed by atoms with E-state index in [1.54, 1.807) is 31.3 Å². The summed E-state index contributed by atoms with van der Waals surface area (Å²) in [5.74, 6) is -1.78. The fourth-order valence-electron chi connectivity index (χ4n) is 1.73. The lowest BCUT2D eigenvalue weighted by atomic mass is 10.2. The van der Waals surface area contributed by atoms with Gasteiger partial charge < -0.3 is 5.11 Å². The highest BCUT2D eigenvalue weighted by Gasteiger charge is 2.24. The van der Waals surface area contributed by atoms with Gasteiger partial charge in [-0.2, -0.15) is 0 Å². The molecule has 1 atom stereocenters. The first-order valence-electron chi connectivity index (χ1n) is 6.47. The number of aromatic nitrogens is 1. The predicted molar refractivity (Wildman–Crippen MR) is 75.8 cm³/mol. The van der Waals surface area contributed by atoms with Crippen LogP contribution in [-0.4, -0.2) is 47.6 Å². The van der Waals surface area contributed by atoms with Crippen molar-refractivity contribution >= 4 is 16.0 Å². The van der Waals surface area contributed by atoms with Crippen LogP contribution in [0.5, 0.6) is 0 Å². The Bertz CT molecular complexity index is 531. The molecule has 0 fully saturated rings. The summed E-state index contributed by atoms with van der Waals surface area (Å²) in [6.45, 7) is 3.46. The molecule has 1 aromatic heterocycles. The van der Waals surface area contributed by atoms with Gasteiger partial charge in [0.05, 0.1) is 11.7 Å². The molecule has 0 saturated heterocycles. The molecule has 0 aliphatic heterocycles. The number of pyridine rings is 1. The van der Waals surface area contributed by atoms with Crippen LogP contribution >= 0.6 is 0 Å². The molecular formula is C13H20N2O4S. The molecule has 0 saturated carbocycles. The van der Waals surface area contributed by atoms with E-state index in [1.165, 1.54) is 11.2 Å². The lowest BCUT2D eigenvalue weighted by molar-refractivity contribution is -0.141. The molecule has 6 nitrogen and oxygen atoms in total. The van der Waals surface area contributed by atoms with Gasteiger partial charge in [-0.25, -0.2) is 12.7 Å². The Balaban J connectivity index is 2.67. The van der Waals surface area contributed by atoms with E-state index in [2.05, 4.69) is 4.98 Å². The molecule has 1 unspecified atom stereocenters. The average Bonchev–Trinajstić information content (AvgIpc) is 2.43. The van der Waals surface area contributed by atoms with Gasteiger partial charge >= 0.3 is 5.97 Å². The highest BCUT2D eigenvalue weighted by atomic mass is 32.2. The number of rotatable bonds is 8. The van der Waals surface area contributed by atoms with Gasteiger partial charge in [0.25, 0.3) is 0 Å². The Hall–Kier alpha value is -1.47. The van der Waals surface area contributed by atoms with Crippen molar-refractivity contribution < 1.29 is 18.3 Å². The summed E-state index contributed by atoms with van der Waals surface area (Å²) in [6.07, 6.45) is 1.94. The second-order valence-corrected chi connectivity index (χ2v) is 6.67. The number of sulfonamides is 1. The van der Waals surface area contributed by atoms with Crippen molar-refractivity contribution in [2.24, 2.45) is 5.92 Å². The van der Waals surface area contributed by atoms with Crippen molar-refractivity contribution in [1.29, 1.82) is 0 Å². The van der Waals surface area contributed by atoms with Crippen LogP contribution in [0, 0.1) is 5.92 Å². The monoisotopic (exact) mass is 300 g/mol. The summed E-state index contributed by atoms with van der Waals surface area (Å²) in [7, 11) is -3.47. The third kappa shape index (κ3) is 4.90. The third-order valence-electron chi connectivity index (χ3n) is 2.99. The molecule has 112 valence electrons. The zero-order chi connectivity index (χ0) is 15.2. The maximum atomic E-state index is 12.2. The molecule has 0 radical (unpaired) electrons. The predicted octanol–water partition coefficient (Wildman–Crippen LogP) is 0.996. The highest BCUT2D eigenvalue weighted by Crippen LogP contribution is 2.09. The largest absolute Gasteiger partial charge is 0.481 e. The van der Waals surface area contributed by atoms with Gasteiger partial charge in [0.1, 0.15) is 0 Å². The average molecular weight is 300 g/mol. The molecule has 0 aliphatic rings. The summed E-state index contributed by atoms with van der Waals surface area (Å²) in [6, 6.07) is 5.34. The molecule has 20 heavy (non-hydrogen) atoms. The van der Waals surface area contributed by atoms with Gasteiger partial charge in [-0.1, -0.05) is 19.9 Å². The number of aryl methyl sites for hydroxylation is 1. The van der Waals surface area contributed by atoms with Crippen molar-refractivity contribution in [3.8, 4) is 0 Å². The number of carboxylic acids is 1. The van der Waals surface area contributed by atoms with E-state index >= 15 is 0 Å². The summed E-state index contributed by atoms with van der Waals surface area (Å²) in [5.41, 5.74) is 0.707. The fraction of sp³-hybridized carbons (Fsp3) is 0.538. The minimum Gasteiger partial charge on any atom is -0.481 e. The second-order valence-electron chi connectivity index (χ2n) is 4.58. The lowest BCUT2D eigenvalue weighted by Gasteiger charge is -2.22. The van der Waals surface area contributed by atoms with E-state index in [-0.39, 0.29) is 18.8 Å². The summed E-state index contributed by atoms with van der Waals surface area (Å²) < 4.78 is 25.6. The summed E-state index contributed by atoms with van der Waals surface area (Å²) >= 11 is 0. The van der Waals surface area contributed by atoms with E-state index in [4.69, 9.17) is 5.11 Å². The number of carbonyl (C=O) groups is 1. The van der Waals surface area contributed by atoms with Crippen LogP contribution in [0.3, 0.4) is 0 Å². The Morgan fingerprint density at radius 1 is 1.45 bits per heavy atom. The van der Waals surface area contributed by atoms with E-state index < -0.39 is 21.9 Å². The first-order valence-corrected chi connectivity index (χ1v) is 8.08. The van der Waals surface area contributed by atoms with Crippen LogP contribution in [0.25, 0.3) is 0 Å². The Kier molecular flexibility index (Phi) is 6.09. The number of hydrogen-bond donors (Lipinski definition) is 1. The maximum absolute atomic E-state index is 12.2. The zero-order valence-corrected chi connectivity index (χ0v) is 12.5. The van der Waals surface area contributed by atoms with Crippen LogP contribution in [0.4, 0.5) is 0 Å². The Labute approximate surface area is 119 Å². The second kappa shape index (κ2) is 7.35. The Morgan fingerprint density at radius 2 is 2.15 bits per heavy atom. The number of aliphatic carboxylic acids is 1. The number of nitrogens with zero attached hydrogens (tertiary/aromatic N) is 2. The smallest absolute Gasteiger partial charge is 0.307 e. The fourth-order valence-corrected chi connectivity index (χ4v) is 3.30. The first-order chi connectivity index (χ1) is 9.36. The van der Waals surface area contributed by atoms with Gasteiger partial charge in [-0.3, -0.25) is 9.78 Å². The van der Waals surface area contributed by atoms with Crippen molar-refractivity contribution in [3.05, 3.63) is 30.1 Å². The van der Waals surface area contributed by atoms with E-state index in [0.29, 0.717) is 12.1 Å². The highest BCUT2D eigenvalue weighted by molar-refractivity contribution is 7.89. The van der Waals surface area contributed by atoms with Crippen LogP contribution in [0.2, 0.25) is 0 Å². The maximum Gasteiger partial charge on any atom is 0.307 e. The first kappa shape index (κ1) is 16.6. The van der Waals surface area contributed by atoms with Crippen LogP contribution in [-0.2, 0) is 21.2 Å². The van der Waals surface area contributed by atoms with Gasteiger partial charge in [-0.05, 0) is 12.1 Å². The minimum atomic E-state index is -3.47. The molecule has 1 heterocycles. The van der Waals surface area contributed by atoms with Crippen LogP contribution in [0.1, 0.15) is 19.5 Å². The van der Waals surface area contributed by atoms with Gasteiger partial charge in [-0.15, -0.1) is 0 Å². The SMILES string of the molecule is CCN(CC(C)C(=O)O)S(=O)(=O)CCc1ccccn1. The van der Waals surface area contributed by atoms with Crippen molar-refractivity contribution in [2.45, 2.75) is 20.3 Å². The molecular weight excluding hydrogens is 280 g/mol. The summed E-state index contributed by atoms with van der Waals surface area (Å²) in [4.78, 5) is 14.9. The lowest BCUT2D eigenvalue weighted by Crippen LogP contribution is -2.38. The number of carboxylic acid groups (broad SMARTS) is 1. The van der Waals surface area contributed by atoms with Gasteiger partial charge in [0.15, 0.2) is 0 Å². The molecule has 0 aliphatic carbocycles. The van der Waals surface area contributed by atoms with Crippen LogP contribution in [0.15, 0.2) is 24.4 Å². The standard InChI is InChI=1S/C13H20N2O4S/c1-3-15(10-11(2)13(16)17)20(18,19)9-7-12-6-4-5-8-14-12/h4-6,8,11H,3,7,9-10H2,1-2H3,(H,16,17). The molecule has 1 N–H and O–H groups in total. The molecule has 0 bridgehead atoms. The quantitative estimate of drug-likeness (QED) is 0.773. The van der Waals surface area contributed by atoms with E-state index in [0.717, 1.165) is 0 Å². The van der Waals surface area contributed by atoms with Crippen molar-refractivity contribution in [3.63, 3.8) is 0 Å². The molecule has 0 spiro atoms. The Morgan fingerprint density at radius 3 is 2.65 bits per heavy atom. The number of hydrogen-bond acceptors (Lipinski definition) is 4. The third-order valence-corrected chi connectivity index (χ3v) is 4.90. The van der Waals surface area contributed by atoms with E-state index in [1.807, 2.05) is 0 Å². The normalized spacial score (nSPS) is 13.3. The van der Waals surface area contributed by atoms with Gasteiger partial charge in [0.2, 0.25) is 10.0 Å². The van der Waals surface area contributed by atoms with Crippen molar-refractivity contribution in [2.75, 3.05) is 18.8 Å². The zero-order valence-electron chi connectivity index (χ0n) is 11.7. The summed E-state index contributed by atoms with van der Waals surface area (Å²) in [5, 5.41) is 8.87. The van der Waals surface area contributed by atoms with Crippen LogP contribution < -0.4 is 0 Å².